The number of benzene rings is 1. The van der Waals surface area contributed by atoms with Crippen LogP contribution in [0.1, 0.15) is 55.6 Å². The fourth-order valence-corrected chi connectivity index (χ4v) is 2.88. The van der Waals surface area contributed by atoms with E-state index in [2.05, 4.69) is 0 Å². The fraction of sp³-hybridized carbons (Fsp3) is 0.500. The maximum absolute atomic E-state index is 11.0. The van der Waals surface area contributed by atoms with E-state index in [0.717, 1.165) is 17.5 Å². The Labute approximate surface area is 147 Å². The van der Waals surface area contributed by atoms with Crippen LogP contribution in [0.3, 0.4) is 0 Å². The summed E-state index contributed by atoms with van der Waals surface area (Å²) in [5.74, 6) is -2.28. The van der Waals surface area contributed by atoms with Crippen LogP contribution in [0.15, 0.2) is 18.2 Å². The van der Waals surface area contributed by atoms with Crippen LogP contribution >= 0.6 is 24.0 Å². The van der Waals surface area contributed by atoms with Crippen LogP contribution in [-0.4, -0.2) is 28.7 Å². The van der Waals surface area contributed by atoms with Crippen molar-refractivity contribution >= 4 is 35.9 Å². The van der Waals surface area contributed by atoms with E-state index in [9.17, 15) is 9.59 Å². The lowest BCUT2D eigenvalue weighted by atomic mass is 9.87. The summed E-state index contributed by atoms with van der Waals surface area (Å²) in [5.41, 5.74) is 7.21. The average molecular weight is 364 g/mol. The Morgan fingerprint density at radius 3 is 2.22 bits per heavy atom. The molecule has 0 amide bonds. The third-order valence-electron chi connectivity index (χ3n) is 3.69. The van der Waals surface area contributed by atoms with Gasteiger partial charge in [0.25, 0.3) is 0 Å². The quantitative estimate of drug-likeness (QED) is 0.621. The first-order valence-electron chi connectivity index (χ1n) is 7.32. The van der Waals surface area contributed by atoms with Crippen LogP contribution in [0.25, 0.3) is 0 Å². The van der Waals surface area contributed by atoms with Gasteiger partial charge in [0.2, 0.25) is 0 Å². The third-order valence-corrected chi connectivity index (χ3v) is 4.04. The van der Waals surface area contributed by atoms with Crippen LogP contribution < -0.4 is 5.73 Å². The van der Waals surface area contributed by atoms with Gasteiger partial charge in [-0.3, -0.25) is 9.59 Å². The maximum atomic E-state index is 11.0. The van der Waals surface area contributed by atoms with Gasteiger partial charge in [-0.05, 0) is 36.1 Å². The van der Waals surface area contributed by atoms with E-state index in [0.29, 0.717) is 11.4 Å². The molecule has 23 heavy (non-hydrogen) atoms. The van der Waals surface area contributed by atoms with Crippen molar-refractivity contribution in [3.63, 3.8) is 0 Å². The van der Waals surface area contributed by atoms with Gasteiger partial charge in [-0.2, -0.15) is 0 Å². The number of carboxylic acids is 2. The van der Waals surface area contributed by atoms with Crippen LogP contribution in [-0.2, 0) is 9.59 Å². The average Bonchev–Trinajstić information content (AvgIpc) is 2.44. The molecule has 1 aromatic rings. The molecule has 2 atom stereocenters. The summed E-state index contributed by atoms with van der Waals surface area (Å²) in [4.78, 5) is 22.0. The molecule has 0 radical (unpaired) electrons. The molecule has 4 N–H and O–H groups in total. The second kappa shape index (κ2) is 10.5. The first-order valence-corrected chi connectivity index (χ1v) is 7.69. The molecule has 0 aliphatic heterocycles. The molecule has 0 saturated carbocycles. The molecule has 0 saturated heterocycles. The molecule has 1 unspecified atom stereocenters. The summed E-state index contributed by atoms with van der Waals surface area (Å²) in [5, 5.41) is 18.5. The molecule has 1 rings (SSSR count). The molecule has 0 aromatic heterocycles. The largest absolute Gasteiger partial charge is 0.481 e. The summed E-state index contributed by atoms with van der Waals surface area (Å²) in [6, 6.07) is 5.27. The van der Waals surface area contributed by atoms with Crippen LogP contribution in [0, 0.1) is 0 Å². The van der Waals surface area contributed by atoms with Crippen LogP contribution in [0.5, 0.6) is 0 Å². The number of carboxylic acid groups (broad SMARTS) is 2. The van der Waals surface area contributed by atoms with E-state index in [-0.39, 0.29) is 43.6 Å². The lowest BCUT2D eigenvalue weighted by Gasteiger charge is -2.20. The first kappa shape index (κ1) is 21.7. The Morgan fingerprint density at radius 1 is 1.17 bits per heavy atom. The second-order valence-electron chi connectivity index (χ2n) is 5.39. The van der Waals surface area contributed by atoms with Crippen molar-refractivity contribution in [2.45, 2.75) is 44.4 Å². The van der Waals surface area contributed by atoms with Crippen molar-refractivity contribution in [3.8, 4) is 0 Å². The van der Waals surface area contributed by atoms with Crippen LogP contribution in [0.4, 0.5) is 0 Å². The van der Waals surface area contributed by atoms with Crippen molar-refractivity contribution in [1.29, 1.82) is 0 Å². The summed E-state index contributed by atoms with van der Waals surface area (Å²) >= 11 is 6.22. The number of rotatable bonds is 9. The van der Waals surface area contributed by atoms with Gasteiger partial charge in [0.15, 0.2) is 0 Å². The number of carbonyl (C=O) groups is 2. The van der Waals surface area contributed by atoms with Gasteiger partial charge in [-0.15, -0.1) is 12.4 Å². The lowest BCUT2D eigenvalue weighted by Crippen LogP contribution is -2.17. The number of hydrogen-bond acceptors (Lipinski definition) is 3. The van der Waals surface area contributed by atoms with Gasteiger partial charge in [-0.1, -0.05) is 37.1 Å². The van der Waals surface area contributed by atoms with E-state index < -0.39 is 11.9 Å². The number of nitrogens with two attached hydrogens (primary N) is 1. The monoisotopic (exact) mass is 363 g/mol. The molecular weight excluding hydrogens is 341 g/mol. The molecule has 0 heterocycles. The lowest BCUT2D eigenvalue weighted by molar-refractivity contribution is -0.138. The number of aliphatic carboxylic acids is 2. The predicted molar refractivity (Wildman–Crippen MR) is 92.7 cm³/mol. The minimum absolute atomic E-state index is 0. The molecule has 1 aromatic carbocycles. The van der Waals surface area contributed by atoms with Crippen LogP contribution in [0.2, 0.25) is 5.02 Å². The summed E-state index contributed by atoms with van der Waals surface area (Å²) in [7, 11) is 0. The zero-order valence-electron chi connectivity index (χ0n) is 13.0. The standard InChI is InChI=1S/C16H22ClNO4.ClH/c1-2-3-11(7-15(19)20)13-6-10(4-5-14(13)17)12(9-18)8-16(21)22;/h4-6,11-12H,2-3,7-9,18H2,1H3,(H,19,20)(H,21,22);1H/t11?,12-;/m0./s1. The van der Waals surface area contributed by atoms with Gasteiger partial charge < -0.3 is 15.9 Å². The Balaban J connectivity index is 0.00000484. The van der Waals surface area contributed by atoms with Gasteiger partial charge in [0.05, 0.1) is 12.8 Å². The molecule has 0 fully saturated rings. The minimum atomic E-state index is -0.914. The molecule has 0 spiro atoms. The van der Waals surface area contributed by atoms with Crippen molar-refractivity contribution in [2.24, 2.45) is 5.73 Å². The fourth-order valence-electron chi connectivity index (χ4n) is 2.60. The molecule has 0 aliphatic rings. The van der Waals surface area contributed by atoms with E-state index in [4.69, 9.17) is 27.5 Å². The van der Waals surface area contributed by atoms with Gasteiger partial charge in [-0.25, -0.2) is 0 Å². The molecular formula is C16H23Cl2NO4. The van der Waals surface area contributed by atoms with Gasteiger partial charge in [0, 0.05) is 10.9 Å². The van der Waals surface area contributed by atoms with E-state index in [1.165, 1.54) is 0 Å². The molecule has 0 aliphatic carbocycles. The SMILES string of the molecule is CCCC(CC(=O)O)c1cc([C@H](CN)CC(=O)O)ccc1Cl.Cl. The first-order chi connectivity index (χ1) is 10.4. The van der Waals surface area contributed by atoms with Crippen molar-refractivity contribution in [3.05, 3.63) is 34.3 Å². The Kier molecular flexibility index (Phi) is 9.88. The van der Waals surface area contributed by atoms with E-state index >= 15 is 0 Å². The normalized spacial score (nSPS) is 13.0. The second-order valence-corrected chi connectivity index (χ2v) is 5.80. The predicted octanol–water partition coefficient (Wildman–Crippen LogP) is 3.64. The van der Waals surface area contributed by atoms with Gasteiger partial charge in [0.1, 0.15) is 0 Å². The van der Waals surface area contributed by atoms with Crippen molar-refractivity contribution in [2.75, 3.05) is 6.54 Å². The molecule has 130 valence electrons. The maximum Gasteiger partial charge on any atom is 0.304 e. The molecule has 7 heteroatoms. The highest BCUT2D eigenvalue weighted by Crippen LogP contribution is 2.33. The third kappa shape index (κ3) is 6.77. The molecule has 0 bridgehead atoms. The minimum Gasteiger partial charge on any atom is -0.481 e. The smallest absolute Gasteiger partial charge is 0.304 e. The number of hydrogen-bond donors (Lipinski definition) is 3. The van der Waals surface area contributed by atoms with E-state index in [1.54, 1.807) is 12.1 Å². The topological polar surface area (TPSA) is 101 Å². The highest BCUT2D eigenvalue weighted by atomic mass is 35.5. The Hall–Kier alpha value is -1.30. The van der Waals surface area contributed by atoms with Gasteiger partial charge >= 0.3 is 11.9 Å². The Morgan fingerprint density at radius 2 is 1.74 bits per heavy atom. The highest BCUT2D eigenvalue weighted by molar-refractivity contribution is 6.31. The van der Waals surface area contributed by atoms with Crippen molar-refractivity contribution in [1.82, 2.24) is 0 Å². The summed E-state index contributed by atoms with van der Waals surface area (Å²) in [6.45, 7) is 2.20. The zero-order chi connectivity index (χ0) is 16.7. The van der Waals surface area contributed by atoms with Crippen molar-refractivity contribution < 1.29 is 19.8 Å². The van der Waals surface area contributed by atoms with E-state index in [1.807, 2.05) is 13.0 Å². The summed E-state index contributed by atoms with van der Waals surface area (Å²) < 4.78 is 0. The molecule has 5 nitrogen and oxygen atoms in total. The zero-order valence-corrected chi connectivity index (χ0v) is 14.6. The highest BCUT2D eigenvalue weighted by Gasteiger charge is 2.21. The Bertz CT molecular complexity index is 537. The summed E-state index contributed by atoms with van der Waals surface area (Å²) in [6.07, 6.45) is 1.49. The number of halogens is 2.